The van der Waals surface area contributed by atoms with Crippen LogP contribution in [0.25, 0.3) is 11.3 Å². The van der Waals surface area contributed by atoms with Gasteiger partial charge in [0, 0.05) is 22.7 Å². The number of hydrogen-bond acceptors (Lipinski definition) is 4. The summed E-state index contributed by atoms with van der Waals surface area (Å²) < 4.78 is 5.83. The summed E-state index contributed by atoms with van der Waals surface area (Å²) in [5.41, 5.74) is 3.02. The number of carbonyl (C=O) groups excluding carboxylic acids is 1. The number of aromatic amines is 1. The second kappa shape index (κ2) is 9.49. The van der Waals surface area contributed by atoms with Crippen LogP contribution in [0, 0.1) is 0 Å². The molecule has 2 N–H and O–H groups in total. The molecule has 6 nitrogen and oxygen atoms in total. The van der Waals surface area contributed by atoms with Crippen molar-refractivity contribution < 1.29 is 14.6 Å². The fraction of sp³-hybridized carbons (Fsp3) is 0.280. The fourth-order valence-corrected chi connectivity index (χ4v) is 4.23. The Labute approximate surface area is 192 Å². The predicted octanol–water partition coefficient (Wildman–Crippen LogP) is 5.74. The van der Waals surface area contributed by atoms with Crippen LogP contribution in [0.3, 0.4) is 0 Å². The number of carbonyl (C=O) groups is 1. The standard InChI is InChI=1S/C25H26ClN3O3/c1-3-5-6-14-32-18-10-7-16(8-11-18)24-21-22(19-15-17(26)9-12-20(19)30)27-28-23(21)25(31)29(24)13-4-2/h4,7-12,15,24,30H,2-3,5-6,13-14H2,1H3,(H,27,28). The molecule has 1 aromatic heterocycles. The van der Waals surface area contributed by atoms with Gasteiger partial charge in [-0.25, -0.2) is 0 Å². The SMILES string of the molecule is C=CCN1C(=O)c2[nH]nc(-c3cc(Cl)ccc3O)c2C1c1ccc(OCCCCC)cc1. The average Bonchev–Trinajstić information content (AvgIpc) is 3.33. The van der Waals surface area contributed by atoms with Gasteiger partial charge in [0.15, 0.2) is 0 Å². The largest absolute Gasteiger partial charge is 0.507 e. The van der Waals surface area contributed by atoms with Gasteiger partial charge in [-0.1, -0.05) is 49.6 Å². The number of nitrogens with zero attached hydrogens (tertiary/aromatic N) is 2. The number of aromatic nitrogens is 2. The highest BCUT2D eigenvalue weighted by atomic mass is 35.5. The molecule has 2 aromatic carbocycles. The van der Waals surface area contributed by atoms with E-state index in [0.29, 0.717) is 40.7 Å². The Kier molecular flexibility index (Phi) is 6.51. The van der Waals surface area contributed by atoms with Crippen molar-refractivity contribution in [1.82, 2.24) is 15.1 Å². The first-order valence-corrected chi connectivity index (χ1v) is 11.1. The maximum atomic E-state index is 13.1. The number of rotatable bonds is 9. The normalized spacial score (nSPS) is 15.1. The number of amides is 1. The Morgan fingerprint density at radius 1 is 1.25 bits per heavy atom. The van der Waals surface area contributed by atoms with E-state index in [-0.39, 0.29) is 17.7 Å². The van der Waals surface area contributed by atoms with Gasteiger partial charge < -0.3 is 14.7 Å². The van der Waals surface area contributed by atoms with Crippen LogP contribution in [0.5, 0.6) is 11.5 Å². The number of hydrogen-bond donors (Lipinski definition) is 2. The zero-order valence-electron chi connectivity index (χ0n) is 18.0. The van der Waals surface area contributed by atoms with E-state index in [0.717, 1.165) is 30.6 Å². The highest BCUT2D eigenvalue weighted by Crippen LogP contribution is 2.45. The summed E-state index contributed by atoms with van der Waals surface area (Å²) in [6, 6.07) is 12.2. The number of benzene rings is 2. The number of nitrogens with one attached hydrogen (secondary N) is 1. The highest BCUT2D eigenvalue weighted by Gasteiger charge is 2.42. The quantitative estimate of drug-likeness (QED) is 0.321. The third-order valence-corrected chi connectivity index (χ3v) is 5.85. The Balaban J connectivity index is 1.72. The van der Waals surface area contributed by atoms with E-state index in [9.17, 15) is 9.90 Å². The van der Waals surface area contributed by atoms with Crippen molar-refractivity contribution in [2.24, 2.45) is 0 Å². The molecule has 1 aliphatic rings. The monoisotopic (exact) mass is 451 g/mol. The molecule has 1 amide bonds. The van der Waals surface area contributed by atoms with Gasteiger partial charge in [-0.3, -0.25) is 9.89 Å². The molecule has 0 saturated carbocycles. The Morgan fingerprint density at radius 3 is 2.75 bits per heavy atom. The molecular weight excluding hydrogens is 426 g/mol. The zero-order chi connectivity index (χ0) is 22.7. The number of ether oxygens (including phenoxy) is 1. The molecule has 0 fully saturated rings. The molecule has 1 atom stereocenters. The van der Waals surface area contributed by atoms with E-state index in [1.807, 2.05) is 24.3 Å². The van der Waals surface area contributed by atoms with Gasteiger partial charge >= 0.3 is 0 Å². The Hall–Kier alpha value is -3.25. The first-order chi connectivity index (χ1) is 15.5. The van der Waals surface area contributed by atoms with Crippen LogP contribution in [0.15, 0.2) is 55.1 Å². The third-order valence-electron chi connectivity index (χ3n) is 5.62. The van der Waals surface area contributed by atoms with E-state index in [1.165, 1.54) is 6.07 Å². The van der Waals surface area contributed by atoms with Crippen LogP contribution >= 0.6 is 11.6 Å². The molecule has 0 saturated heterocycles. The minimum atomic E-state index is -0.378. The van der Waals surface area contributed by atoms with Crippen molar-refractivity contribution >= 4 is 17.5 Å². The lowest BCUT2D eigenvalue weighted by molar-refractivity contribution is 0.0764. The van der Waals surface area contributed by atoms with Crippen molar-refractivity contribution in [1.29, 1.82) is 0 Å². The number of phenols is 1. The lowest BCUT2D eigenvalue weighted by atomic mass is 9.95. The van der Waals surface area contributed by atoms with Crippen LogP contribution < -0.4 is 4.74 Å². The molecule has 3 aromatic rings. The van der Waals surface area contributed by atoms with Gasteiger partial charge in [-0.2, -0.15) is 5.10 Å². The lowest BCUT2D eigenvalue weighted by Gasteiger charge is -2.25. The summed E-state index contributed by atoms with van der Waals surface area (Å²) in [6.45, 7) is 7.03. The molecule has 2 heterocycles. The van der Waals surface area contributed by atoms with Gasteiger partial charge in [-0.15, -0.1) is 6.58 Å². The number of H-pyrrole nitrogens is 1. The summed E-state index contributed by atoms with van der Waals surface area (Å²) in [5, 5.41) is 18.1. The van der Waals surface area contributed by atoms with Crippen LogP contribution in [0.1, 0.15) is 53.8 Å². The summed E-state index contributed by atoms with van der Waals surface area (Å²) in [4.78, 5) is 14.9. The van der Waals surface area contributed by atoms with Crippen LogP contribution in [0.2, 0.25) is 5.02 Å². The van der Waals surface area contributed by atoms with E-state index in [4.69, 9.17) is 16.3 Å². The smallest absolute Gasteiger partial charge is 0.273 e. The zero-order valence-corrected chi connectivity index (χ0v) is 18.7. The van der Waals surface area contributed by atoms with Crippen LogP contribution in [-0.2, 0) is 0 Å². The van der Waals surface area contributed by atoms with Crippen LogP contribution in [0.4, 0.5) is 0 Å². The van der Waals surface area contributed by atoms with E-state index >= 15 is 0 Å². The van der Waals surface area contributed by atoms with Crippen LogP contribution in [-0.4, -0.2) is 39.3 Å². The number of halogens is 1. The molecule has 1 aliphatic heterocycles. The molecule has 0 radical (unpaired) electrons. The van der Waals surface area contributed by atoms with E-state index in [1.54, 1.807) is 23.1 Å². The maximum absolute atomic E-state index is 13.1. The van der Waals surface area contributed by atoms with E-state index < -0.39 is 0 Å². The maximum Gasteiger partial charge on any atom is 0.273 e. The van der Waals surface area contributed by atoms with Crippen molar-refractivity contribution in [2.45, 2.75) is 32.2 Å². The van der Waals surface area contributed by atoms with Gasteiger partial charge in [0.2, 0.25) is 0 Å². The second-order valence-corrected chi connectivity index (χ2v) is 8.23. The first-order valence-electron chi connectivity index (χ1n) is 10.8. The third kappa shape index (κ3) is 4.10. The highest BCUT2D eigenvalue weighted by molar-refractivity contribution is 6.31. The topological polar surface area (TPSA) is 78.5 Å². The summed E-state index contributed by atoms with van der Waals surface area (Å²) >= 11 is 6.17. The number of aromatic hydroxyl groups is 1. The lowest BCUT2D eigenvalue weighted by Crippen LogP contribution is -2.29. The minimum absolute atomic E-state index is 0.0490. The summed E-state index contributed by atoms with van der Waals surface area (Å²) in [6.07, 6.45) is 5.01. The molecule has 0 spiro atoms. The Bertz CT molecular complexity index is 1120. The predicted molar refractivity (Wildman–Crippen MR) is 125 cm³/mol. The molecule has 166 valence electrons. The first kappa shape index (κ1) is 22.0. The molecule has 4 rings (SSSR count). The van der Waals surface area contributed by atoms with Crippen molar-refractivity contribution in [3.63, 3.8) is 0 Å². The van der Waals surface area contributed by atoms with E-state index in [2.05, 4.69) is 23.7 Å². The Morgan fingerprint density at radius 2 is 2.03 bits per heavy atom. The fourth-order valence-electron chi connectivity index (χ4n) is 4.06. The molecule has 1 unspecified atom stereocenters. The van der Waals surface area contributed by atoms with Crippen molar-refractivity contribution in [3.05, 3.63) is 77.0 Å². The average molecular weight is 452 g/mol. The van der Waals surface area contributed by atoms with Gasteiger partial charge in [0.25, 0.3) is 5.91 Å². The number of unbranched alkanes of at least 4 members (excludes halogenated alkanes) is 2. The van der Waals surface area contributed by atoms with Gasteiger partial charge in [-0.05, 0) is 42.3 Å². The summed E-state index contributed by atoms with van der Waals surface area (Å²) in [5.74, 6) is 0.683. The minimum Gasteiger partial charge on any atom is -0.507 e. The molecule has 0 bridgehead atoms. The molecule has 7 heteroatoms. The molecule has 0 aliphatic carbocycles. The summed E-state index contributed by atoms with van der Waals surface area (Å²) in [7, 11) is 0. The van der Waals surface area contributed by atoms with Gasteiger partial charge in [0.1, 0.15) is 22.9 Å². The van der Waals surface area contributed by atoms with Crippen molar-refractivity contribution in [2.75, 3.05) is 13.2 Å². The van der Waals surface area contributed by atoms with Crippen molar-refractivity contribution in [3.8, 4) is 22.8 Å². The number of phenolic OH excluding ortho intramolecular Hbond substituents is 1. The van der Waals surface area contributed by atoms with Gasteiger partial charge in [0.05, 0.1) is 12.6 Å². The molecular formula is C25H26ClN3O3. The molecule has 32 heavy (non-hydrogen) atoms. The second-order valence-electron chi connectivity index (χ2n) is 7.80. The number of fused-ring (bicyclic) bond motifs is 1.